The monoisotopic (exact) mass is 122 g/mol. The largest absolute Gasteiger partial charge is 0.287 e. The van der Waals surface area contributed by atoms with Gasteiger partial charge in [-0.1, -0.05) is 12.2 Å². The first kappa shape index (κ1) is 6.11. The molecule has 1 rings (SSSR count). The van der Waals surface area contributed by atoms with E-state index in [0.717, 1.165) is 5.70 Å². The Hall–Kier alpha value is -1.02. The van der Waals surface area contributed by atoms with Crippen molar-refractivity contribution in [3.63, 3.8) is 0 Å². The molecule has 0 spiro atoms. The van der Waals surface area contributed by atoms with E-state index in [1.165, 1.54) is 0 Å². The highest BCUT2D eigenvalue weighted by atomic mass is 15.4. The molecule has 0 fully saturated rings. The van der Waals surface area contributed by atoms with Crippen molar-refractivity contribution in [2.45, 2.75) is 6.92 Å². The Balaban J connectivity index is 2.78. The van der Waals surface area contributed by atoms with Crippen molar-refractivity contribution >= 4 is 0 Å². The molecule has 0 aromatic carbocycles. The average molecular weight is 122 g/mol. The zero-order valence-electron chi connectivity index (χ0n) is 5.41. The van der Waals surface area contributed by atoms with Gasteiger partial charge in [0.1, 0.15) is 0 Å². The predicted molar refractivity (Wildman–Crippen MR) is 38.1 cm³/mol. The molecule has 0 aromatic rings. The van der Waals surface area contributed by atoms with Gasteiger partial charge in [0.05, 0.1) is 5.70 Å². The van der Waals surface area contributed by atoms with E-state index in [2.05, 4.69) is 0 Å². The summed E-state index contributed by atoms with van der Waals surface area (Å²) in [5.41, 5.74) is 1.03. The van der Waals surface area contributed by atoms with Crippen LogP contribution >= 0.6 is 0 Å². The maximum absolute atomic E-state index is 5.52. The van der Waals surface area contributed by atoms with Crippen LogP contribution in [0, 0.1) is 0 Å². The second kappa shape index (κ2) is 2.51. The van der Waals surface area contributed by atoms with Crippen LogP contribution < -0.4 is 5.84 Å². The summed E-state index contributed by atoms with van der Waals surface area (Å²) in [4.78, 5) is 0. The Labute approximate surface area is 54.9 Å². The van der Waals surface area contributed by atoms with Gasteiger partial charge in [-0.2, -0.15) is 0 Å². The van der Waals surface area contributed by atoms with Gasteiger partial charge in [-0.05, 0) is 19.1 Å². The number of hydrazine groups is 1. The molecule has 9 heavy (non-hydrogen) atoms. The quantitative estimate of drug-likeness (QED) is 0.488. The minimum atomic E-state index is 1.03. The van der Waals surface area contributed by atoms with Gasteiger partial charge >= 0.3 is 0 Å². The topological polar surface area (TPSA) is 29.3 Å². The number of hydrogen-bond acceptors (Lipinski definition) is 2. The first-order chi connectivity index (χ1) is 4.34. The minimum Gasteiger partial charge on any atom is -0.287 e. The normalized spacial score (nSPS) is 21.6. The molecule has 0 aromatic heterocycles. The second-order valence-electron chi connectivity index (χ2n) is 1.82. The molecule has 0 unspecified atom stereocenters. The first-order valence-corrected chi connectivity index (χ1v) is 2.89. The number of nitrogens with zero attached hydrogens (tertiary/aromatic N) is 1. The molecule has 0 radical (unpaired) electrons. The highest BCUT2D eigenvalue weighted by Gasteiger charge is 1.96. The molecule has 2 heteroatoms. The molecule has 0 bridgehead atoms. The van der Waals surface area contributed by atoms with Crippen LogP contribution in [-0.4, -0.2) is 5.01 Å². The Morgan fingerprint density at radius 1 is 1.56 bits per heavy atom. The molecule has 0 atom stereocenters. The van der Waals surface area contributed by atoms with Crippen LogP contribution in [0.3, 0.4) is 0 Å². The molecule has 1 heterocycles. The van der Waals surface area contributed by atoms with E-state index in [4.69, 9.17) is 5.84 Å². The minimum absolute atomic E-state index is 1.03. The third-order valence-corrected chi connectivity index (χ3v) is 1.22. The fraction of sp³-hybridized carbons (Fsp3) is 0.143. The first-order valence-electron chi connectivity index (χ1n) is 2.89. The molecule has 0 amide bonds. The zero-order chi connectivity index (χ0) is 6.69. The van der Waals surface area contributed by atoms with Crippen molar-refractivity contribution in [2.24, 2.45) is 5.84 Å². The van der Waals surface area contributed by atoms with Crippen molar-refractivity contribution < 1.29 is 0 Å². The lowest BCUT2D eigenvalue weighted by Crippen LogP contribution is -2.24. The van der Waals surface area contributed by atoms with E-state index in [-0.39, 0.29) is 0 Å². The van der Waals surface area contributed by atoms with E-state index < -0.39 is 0 Å². The summed E-state index contributed by atoms with van der Waals surface area (Å²) < 4.78 is 0. The van der Waals surface area contributed by atoms with Gasteiger partial charge in [-0.25, -0.2) is 5.84 Å². The van der Waals surface area contributed by atoms with Gasteiger partial charge < -0.3 is 0 Å². The predicted octanol–water partition coefficient (Wildman–Crippen LogP) is 1.15. The standard InChI is InChI=1S/C7H10N2/c1-2-7-5-3-4-6-9(7)8/h2-6H,8H2,1H3/b7-2-. The Kier molecular flexibility index (Phi) is 1.70. The van der Waals surface area contributed by atoms with Crippen LogP contribution in [-0.2, 0) is 0 Å². The highest BCUT2D eigenvalue weighted by molar-refractivity contribution is 5.25. The molecule has 0 saturated carbocycles. The molecule has 48 valence electrons. The maximum atomic E-state index is 5.52. The molecule has 0 saturated heterocycles. The lowest BCUT2D eigenvalue weighted by atomic mass is 10.3. The fourth-order valence-electron chi connectivity index (χ4n) is 0.714. The lowest BCUT2D eigenvalue weighted by Gasteiger charge is -2.16. The summed E-state index contributed by atoms with van der Waals surface area (Å²) in [6.45, 7) is 1.96. The number of hydrogen-bond donors (Lipinski definition) is 1. The van der Waals surface area contributed by atoms with Crippen molar-refractivity contribution in [2.75, 3.05) is 0 Å². The van der Waals surface area contributed by atoms with E-state index in [9.17, 15) is 0 Å². The zero-order valence-corrected chi connectivity index (χ0v) is 5.41. The summed E-state index contributed by atoms with van der Waals surface area (Å²) in [7, 11) is 0. The van der Waals surface area contributed by atoms with Crippen molar-refractivity contribution in [3.05, 3.63) is 36.2 Å². The third kappa shape index (κ3) is 1.21. The van der Waals surface area contributed by atoms with E-state index in [1.54, 1.807) is 5.01 Å². The molecule has 2 nitrogen and oxygen atoms in total. The summed E-state index contributed by atoms with van der Waals surface area (Å²) in [6, 6.07) is 0. The van der Waals surface area contributed by atoms with Crippen LogP contribution in [0.15, 0.2) is 36.2 Å². The van der Waals surface area contributed by atoms with Gasteiger partial charge in [-0.15, -0.1) is 0 Å². The molecular weight excluding hydrogens is 112 g/mol. The van der Waals surface area contributed by atoms with Crippen LogP contribution in [0.25, 0.3) is 0 Å². The van der Waals surface area contributed by atoms with Crippen LogP contribution in [0.1, 0.15) is 6.92 Å². The van der Waals surface area contributed by atoms with E-state index >= 15 is 0 Å². The van der Waals surface area contributed by atoms with Gasteiger partial charge in [0.25, 0.3) is 0 Å². The van der Waals surface area contributed by atoms with Gasteiger partial charge in [0.2, 0.25) is 0 Å². The number of rotatable bonds is 0. The summed E-state index contributed by atoms with van der Waals surface area (Å²) in [6.07, 6.45) is 9.58. The Morgan fingerprint density at radius 2 is 2.33 bits per heavy atom. The van der Waals surface area contributed by atoms with Crippen LogP contribution in [0.5, 0.6) is 0 Å². The van der Waals surface area contributed by atoms with Gasteiger partial charge in [-0.3, -0.25) is 5.01 Å². The van der Waals surface area contributed by atoms with Gasteiger partial charge in [0, 0.05) is 6.20 Å². The Morgan fingerprint density at radius 3 is 2.78 bits per heavy atom. The summed E-state index contributed by atoms with van der Waals surface area (Å²) >= 11 is 0. The molecule has 2 N–H and O–H groups in total. The molecular formula is C7H10N2. The summed E-state index contributed by atoms with van der Waals surface area (Å²) in [5.74, 6) is 5.52. The lowest BCUT2D eigenvalue weighted by molar-refractivity contribution is 0.504. The highest BCUT2D eigenvalue weighted by Crippen LogP contribution is 2.05. The Bertz CT molecular complexity index is 177. The molecule has 0 aliphatic carbocycles. The average Bonchev–Trinajstić information content (AvgIpc) is 1.89. The third-order valence-electron chi connectivity index (χ3n) is 1.22. The van der Waals surface area contributed by atoms with Crippen LogP contribution in [0.4, 0.5) is 0 Å². The summed E-state index contributed by atoms with van der Waals surface area (Å²) in [5, 5.41) is 1.58. The maximum Gasteiger partial charge on any atom is 0.0525 e. The molecule has 1 aliphatic rings. The second-order valence-corrected chi connectivity index (χ2v) is 1.82. The smallest absolute Gasteiger partial charge is 0.0525 e. The van der Waals surface area contributed by atoms with E-state index in [0.29, 0.717) is 0 Å². The molecule has 1 aliphatic heterocycles. The number of nitrogens with two attached hydrogens (primary N) is 1. The van der Waals surface area contributed by atoms with Crippen molar-refractivity contribution in [3.8, 4) is 0 Å². The number of allylic oxidation sites excluding steroid dienone is 4. The van der Waals surface area contributed by atoms with Crippen molar-refractivity contribution in [1.82, 2.24) is 5.01 Å². The van der Waals surface area contributed by atoms with Gasteiger partial charge in [0.15, 0.2) is 0 Å². The SMILES string of the molecule is C/C=C1/C=CC=CN1N. The van der Waals surface area contributed by atoms with E-state index in [1.807, 2.05) is 37.4 Å². The van der Waals surface area contributed by atoms with Crippen LogP contribution in [0.2, 0.25) is 0 Å². The fourth-order valence-corrected chi connectivity index (χ4v) is 0.714. The van der Waals surface area contributed by atoms with Crippen molar-refractivity contribution in [1.29, 1.82) is 0 Å².